The van der Waals surface area contributed by atoms with E-state index in [-0.39, 0.29) is 10.3 Å². The van der Waals surface area contributed by atoms with E-state index < -0.39 is 10.0 Å². The molecule has 2 aromatic rings. The van der Waals surface area contributed by atoms with E-state index in [1.54, 1.807) is 42.5 Å². The van der Waals surface area contributed by atoms with E-state index in [1.807, 2.05) is 27.7 Å². The van der Waals surface area contributed by atoms with E-state index in [9.17, 15) is 8.42 Å². The van der Waals surface area contributed by atoms with Crippen molar-refractivity contribution in [3.63, 3.8) is 0 Å². The van der Waals surface area contributed by atoms with Gasteiger partial charge in [0, 0.05) is 15.7 Å². The van der Waals surface area contributed by atoms with Crippen LogP contribution >= 0.6 is 15.9 Å². The molecule has 0 aliphatic heterocycles. The topological polar surface area (TPSA) is 55.4 Å². The second-order valence-electron chi connectivity index (χ2n) is 6.45. The summed E-state index contributed by atoms with van der Waals surface area (Å²) in [4.78, 5) is 0.221. The molecule has 2 aromatic carbocycles. The Hall–Kier alpha value is -1.53. The van der Waals surface area contributed by atoms with Gasteiger partial charge in [-0.05, 0) is 54.8 Å². The first-order valence-electron chi connectivity index (χ1n) is 7.69. The molecular weight excluding hydrogens is 390 g/mol. The minimum absolute atomic E-state index is 0.221. The molecule has 1 N–H and O–H groups in total. The van der Waals surface area contributed by atoms with Gasteiger partial charge in [-0.2, -0.15) is 0 Å². The predicted molar refractivity (Wildman–Crippen MR) is 101 cm³/mol. The second-order valence-corrected chi connectivity index (χ2v) is 9.05. The molecule has 0 aliphatic rings. The average Bonchev–Trinajstić information content (AvgIpc) is 2.49. The van der Waals surface area contributed by atoms with Crippen molar-refractivity contribution in [1.82, 2.24) is 0 Å². The fraction of sp³-hybridized carbons (Fsp3) is 0.333. The Morgan fingerprint density at radius 3 is 2.25 bits per heavy atom. The zero-order valence-electron chi connectivity index (χ0n) is 14.3. The number of sulfonamides is 1. The maximum absolute atomic E-state index is 12.7. The highest BCUT2D eigenvalue weighted by atomic mass is 79.9. The lowest BCUT2D eigenvalue weighted by molar-refractivity contribution is 0.329. The van der Waals surface area contributed by atoms with E-state index in [4.69, 9.17) is 4.74 Å². The lowest BCUT2D eigenvalue weighted by atomic mass is 9.86. The number of benzene rings is 2. The van der Waals surface area contributed by atoms with Gasteiger partial charge in [0.15, 0.2) is 0 Å². The van der Waals surface area contributed by atoms with Gasteiger partial charge in [0.1, 0.15) is 5.75 Å². The molecule has 4 nitrogen and oxygen atoms in total. The number of anilines is 1. The molecule has 0 spiro atoms. The quantitative estimate of drug-likeness (QED) is 0.757. The summed E-state index contributed by atoms with van der Waals surface area (Å²) in [7, 11) is -3.66. The van der Waals surface area contributed by atoms with Gasteiger partial charge >= 0.3 is 0 Å². The summed E-state index contributed by atoms with van der Waals surface area (Å²) in [6.45, 7) is 8.54. The summed E-state index contributed by atoms with van der Waals surface area (Å²) in [6.07, 6.45) is 0. The molecule has 0 aliphatic carbocycles. The van der Waals surface area contributed by atoms with Crippen molar-refractivity contribution in [1.29, 1.82) is 0 Å². The van der Waals surface area contributed by atoms with Gasteiger partial charge in [-0.15, -0.1) is 0 Å². The monoisotopic (exact) mass is 411 g/mol. The van der Waals surface area contributed by atoms with Gasteiger partial charge in [-0.25, -0.2) is 8.42 Å². The molecule has 0 aromatic heterocycles. The number of rotatable bonds is 5. The van der Waals surface area contributed by atoms with Crippen LogP contribution in [0.2, 0.25) is 0 Å². The summed E-state index contributed by atoms with van der Waals surface area (Å²) < 4.78 is 34.5. The Morgan fingerprint density at radius 1 is 1.08 bits per heavy atom. The molecule has 0 heterocycles. The minimum Gasteiger partial charge on any atom is -0.494 e. The van der Waals surface area contributed by atoms with Crippen molar-refractivity contribution in [2.75, 3.05) is 11.3 Å². The first-order valence-corrected chi connectivity index (χ1v) is 9.97. The molecular formula is C18H22BrNO3S. The normalized spacial score (nSPS) is 12.0. The van der Waals surface area contributed by atoms with E-state index in [2.05, 4.69) is 20.7 Å². The van der Waals surface area contributed by atoms with Crippen molar-refractivity contribution >= 4 is 31.6 Å². The number of halogens is 1. The molecule has 0 saturated carbocycles. The third-order valence-electron chi connectivity index (χ3n) is 3.47. The Balaban J connectivity index is 2.41. The van der Waals surface area contributed by atoms with Gasteiger partial charge < -0.3 is 4.74 Å². The standard InChI is InChI=1S/C18H22BrNO3S/c1-5-23-17-11-10-15(12-16(17)18(2,3)4)24(21,22)20-14-8-6-13(19)7-9-14/h6-12,20H,5H2,1-4H3. The van der Waals surface area contributed by atoms with E-state index >= 15 is 0 Å². The maximum atomic E-state index is 12.7. The van der Waals surface area contributed by atoms with Crippen LogP contribution in [0, 0.1) is 0 Å². The highest BCUT2D eigenvalue weighted by Crippen LogP contribution is 2.33. The van der Waals surface area contributed by atoms with Crippen molar-refractivity contribution in [3.8, 4) is 5.75 Å². The van der Waals surface area contributed by atoms with Crippen LogP contribution in [0.4, 0.5) is 5.69 Å². The fourth-order valence-electron chi connectivity index (χ4n) is 2.28. The average molecular weight is 412 g/mol. The van der Waals surface area contributed by atoms with Crippen molar-refractivity contribution in [2.45, 2.75) is 38.0 Å². The van der Waals surface area contributed by atoms with Crippen LogP contribution in [-0.2, 0) is 15.4 Å². The zero-order chi connectivity index (χ0) is 18.0. The molecule has 24 heavy (non-hydrogen) atoms. The van der Waals surface area contributed by atoms with Gasteiger partial charge in [-0.3, -0.25) is 4.72 Å². The summed E-state index contributed by atoms with van der Waals surface area (Å²) in [5.41, 5.74) is 1.15. The molecule has 0 amide bonds. The van der Waals surface area contributed by atoms with Crippen molar-refractivity contribution < 1.29 is 13.2 Å². The van der Waals surface area contributed by atoms with Crippen molar-refractivity contribution in [2.24, 2.45) is 0 Å². The predicted octanol–water partition coefficient (Wildman–Crippen LogP) is 4.95. The van der Waals surface area contributed by atoms with Gasteiger partial charge in [0.05, 0.1) is 11.5 Å². The Labute approximate surface area is 152 Å². The van der Waals surface area contributed by atoms with Crippen LogP contribution < -0.4 is 9.46 Å². The van der Waals surface area contributed by atoms with E-state index in [1.165, 1.54) is 0 Å². The zero-order valence-corrected chi connectivity index (χ0v) is 16.7. The summed E-state index contributed by atoms with van der Waals surface area (Å²) >= 11 is 3.33. The largest absolute Gasteiger partial charge is 0.494 e. The molecule has 0 bridgehead atoms. The SMILES string of the molecule is CCOc1ccc(S(=O)(=O)Nc2ccc(Br)cc2)cc1C(C)(C)C. The minimum atomic E-state index is -3.66. The van der Waals surface area contributed by atoms with E-state index in [0.717, 1.165) is 10.0 Å². The van der Waals surface area contributed by atoms with Crippen molar-refractivity contribution in [3.05, 3.63) is 52.5 Å². The molecule has 0 fully saturated rings. The third-order valence-corrected chi connectivity index (χ3v) is 5.37. The number of nitrogens with one attached hydrogen (secondary N) is 1. The van der Waals surface area contributed by atoms with Crippen LogP contribution in [0.3, 0.4) is 0 Å². The highest BCUT2D eigenvalue weighted by molar-refractivity contribution is 9.10. The molecule has 0 atom stereocenters. The summed E-state index contributed by atoms with van der Waals surface area (Å²) in [5.74, 6) is 0.715. The molecule has 0 saturated heterocycles. The van der Waals surface area contributed by atoms with Crippen LogP contribution in [0.15, 0.2) is 51.8 Å². The van der Waals surface area contributed by atoms with Crippen LogP contribution in [0.5, 0.6) is 5.75 Å². The maximum Gasteiger partial charge on any atom is 0.261 e. The van der Waals surface area contributed by atoms with E-state index in [0.29, 0.717) is 18.0 Å². The number of hydrogen-bond donors (Lipinski definition) is 1. The van der Waals surface area contributed by atoms with Gasteiger partial charge in [-0.1, -0.05) is 36.7 Å². The van der Waals surface area contributed by atoms with Gasteiger partial charge in [0.25, 0.3) is 10.0 Å². The second kappa shape index (κ2) is 7.15. The van der Waals surface area contributed by atoms with Crippen LogP contribution in [-0.4, -0.2) is 15.0 Å². The van der Waals surface area contributed by atoms with Gasteiger partial charge in [0.2, 0.25) is 0 Å². The molecule has 130 valence electrons. The Morgan fingerprint density at radius 2 is 1.71 bits per heavy atom. The summed E-state index contributed by atoms with van der Waals surface area (Å²) in [5, 5.41) is 0. The molecule has 0 radical (unpaired) electrons. The van der Waals surface area contributed by atoms with Crippen LogP contribution in [0.1, 0.15) is 33.3 Å². The molecule has 0 unspecified atom stereocenters. The molecule has 2 rings (SSSR count). The lowest BCUT2D eigenvalue weighted by Crippen LogP contribution is -2.17. The summed E-state index contributed by atoms with van der Waals surface area (Å²) in [6, 6.07) is 12.0. The third kappa shape index (κ3) is 4.51. The smallest absolute Gasteiger partial charge is 0.261 e. The highest BCUT2D eigenvalue weighted by Gasteiger charge is 2.23. The Bertz CT molecular complexity index is 809. The first kappa shape index (κ1) is 18.8. The first-order chi connectivity index (χ1) is 11.1. The Kier molecular flexibility index (Phi) is 5.60. The van der Waals surface area contributed by atoms with Crippen LogP contribution in [0.25, 0.3) is 0 Å². The number of ether oxygens (including phenoxy) is 1. The molecule has 6 heteroatoms. The lowest BCUT2D eigenvalue weighted by Gasteiger charge is -2.23. The fourth-order valence-corrected chi connectivity index (χ4v) is 3.62. The number of hydrogen-bond acceptors (Lipinski definition) is 3.